The van der Waals surface area contributed by atoms with E-state index < -0.39 is 5.60 Å². The molecule has 1 aliphatic heterocycles. The van der Waals surface area contributed by atoms with Crippen LogP contribution in [0.15, 0.2) is 47.8 Å². The number of nitrogens with zero attached hydrogens (tertiary/aromatic N) is 2. The number of carbonyl (C=O) groups excluding carboxylic acids is 1. The van der Waals surface area contributed by atoms with Crippen molar-refractivity contribution in [3.63, 3.8) is 0 Å². The summed E-state index contributed by atoms with van der Waals surface area (Å²) in [6.45, 7) is 3.66. The van der Waals surface area contributed by atoms with Gasteiger partial charge in [0.15, 0.2) is 0 Å². The number of hydrogen-bond donors (Lipinski definition) is 1. The summed E-state index contributed by atoms with van der Waals surface area (Å²) >= 11 is 0. The molecule has 0 radical (unpaired) electrons. The highest BCUT2D eigenvalue weighted by molar-refractivity contribution is 6.07. The second kappa shape index (κ2) is 6.31. The van der Waals surface area contributed by atoms with E-state index in [4.69, 9.17) is 9.57 Å². The number of anilines is 1. The standard InChI is InChI=1S/C18H19N3O3/c1-12-8-9-19-16(10-12)20-17(22)18(2)11-15(21-24-18)13-4-6-14(23-3)7-5-13/h4-10H,11H2,1-3H3,(H,19,20,22)/t18-/m1/s1. The van der Waals surface area contributed by atoms with E-state index in [1.54, 1.807) is 26.3 Å². The molecule has 124 valence electrons. The first-order valence-electron chi connectivity index (χ1n) is 7.64. The first kappa shape index (κ1) is 16.0. The van der Waals surface area contributed by atoms with E-state index in [9.17, 15) is 4.79 Å². The summed E-state index contributed by atoms with van der Waals surface area (Å²) in [4.78, 5) is 22.1. The van der Waals surface area contributed by atoms with Crippen molar-refractivity contribution in [2.24, 2.45) is 5.16 Å². The SMILES string of the molecule is COc1ccc(C2=NO[C@@](C)(C(=O)Nc3cc(C)ccn3)C2)cc1. The van der Waals surface area contributed by atoms with Gasteiger partial charge in [-0.2, -0.15) is 0 Å². The highest BCUT2D eigenvalue weighted by Crippen LogP contribution is 2.28. The molecule has 2 aromatic rings. The highest BCUT2D eigenvalue weighted by atomic mass is 16.7. The van der Waals surface area contributed by atoms with Crippen LogP contribution in [0.2, 0.25) is 0 Å². The second-order valence-corrected chi connectivity index (χ2v) is 5.94. The van der Waals surface area contributed by atoms with E-state index >= 15 is 0 Å². The van der Waals surface area contributed by atoms with E-state index in [0.29, 0.717) is 12.2 Å². The molecule has 0 saturated heterocycles. The first-order valence-corrected chi connectivity index (χ1v) is 7.64. The Morgan fingerprint density at radius 2 is 2.04 bits per heavy atom. The molecule has 1 aromatic heterocycles. The zero-order valence-corrected chi connectivity index (χ0v) is 13.9. The third-order valence-corrected chi connectivity index (χ3v) is 3.92. The summed E-state index contributed by atoms with van der Waals surface area (Å²) in [5, 5.41) is 6.88. The van der Waals surface area contributed by atoms with Crippen LogP contribution < -0.4 is 10.1 Å². The lowest BCUT2D eigenvalue weighted by Crippen LogP contribution is -2.40. The fraction of sp³-hybridized carbons (Fsp3) is 0.278. The van der Waals surface area contributed by atoms with Crippen LogP contribution in [0.1, 0.15) is 24.5 Å². The average Bonchev–Trinajstić information content (AvgIpc) is 2.99. The van der Waals surface area contributed by atoms with Gasteiger partial charge in [0.2, 0.25) is 5.60 Å². The van der Waals surface area contributed by atoms with Crippen molar-refractivity contribution in [2.75, 3.05) is 12.4 Å². The molecular weight excluding hydrogens is 306 g/mol. The summed E-state index contributed by atoms with van der Waals surface area (Å²) in [6, 6.07) is 11.2. The smallest absolute Gasteiger partial charge is 0.272 e. The van der Waals surface area contributed by atoms with Crippen LogP contribution in [0.4, 0.5) is 5.82 Å². The van der Waals surface area contributed by atoms with Crippen LogP contribution in [0.3, 0.4) is 0 Å². The number of benzene rings is 1. The number of pyridine rings is 1. The Hall–Kier alpha value is -2.89. The zero-order chi connectivity index (χ0) is 17.2. The molecule has 1 N–H and O–H groups in total. The van der Waals surface area contributed by atoms with Crippen LogP contribution in [-0.4, -0.2) is 29.3 Å². The van der Waals surface area contributed by atoms with Crippen molar-refractivity contribution in [1.29, 1.82) is 0 Å². The Bertz CT molecular complexity index is 786. The lowest BCUT2D eigenvalue weighted by atomic mass is 9.95. The number of carbonyl (C=O) groups is 1. The topological polar surface area (TPSA) is 72.8 Å². The zero-order valence-electron chi connectivity index (χ0n) is 13.9. The summed E-state index contributed by atoms with van der Waals surface area (Å²) < 4.78 is 5.14. The van der Waals surface area contributed by atoms with Crippen LogP contribution >= 0.6 is 0 Å². The minimum Gasteiger partial charge on any atom is -0.497 e. The maximum absolute atomic E-state index is 12.6. The van der Waals surface area contributed by atoms with Gasteiger partial charge in [-0.05, 0) is 61.4 Å². The maximum Gasteiger partial charge on any atom is 0.272 e. The molecule has 0 aliphatic carbocycles. The number of amides is 1. The summed E-state index contributed by atoms with van der Waals surface area (Å²) in [7, 11) is 1.62. The fourth-order valence-corrected chi connectivity index (χ4v) is 2.45. The third-order valence-electron chi connectivity index (χ3n) is 3.92. The van der Waals surface area contributed by atoms with Crippen molar-refractivity contribution >= 4 is 17.4 Å². The molecule has 0 fully saturated rings. The van der Waals surface area contributed by atoms with E-state index in [0.717, 1.165) is 22.6 Å². The normalized spacial score (nSPS) is 19.4. The molecule has 24 heavy (non-hydrogen) atoms. The molecule has 1 aromatic carbocycles. The minimum atomic E-state index is -1.05. The Balaban J connectivity index is 1.70. The van der Waals surface area contributed by atoms with Gasteiger partial charge in [0.25, 0.3) is 5.91 Å². The maximum atomic E-state index is 12.6. The van der Waals surface area contributed by atoms with E-state index in [1.165, 1.54) is 0 Å². The highest BCUT2D eigenvalue weighted by Gasteiger charge is 2.42. The number of aryl methyl sites for hydroxylation is 1. The van der Waals surface area contributed by atoms with Gasteiger partial charge in [0.05, 0.1) is 12.8 Å². The molecule has 0 unspecified atom stereocenters. The molecule has 0 spiro atoms. The van der Waals surface area contributed by atoms with Gasteiger partial charge in [0.1, 0.15) is 11.6 Å². The van der Waals surface area contributed by atoms with E-state index in [-0.39, 0.29) is 5.91 Å². The molecule has 3 rings (SSSR count). The molecule has 1 aliphatic rings. The number of hydrogen-bond acceptors (Lipinski definition) is 5. The molecule has 1 atom stereocenters. The van der Waals surface area contributed by atoms with Crippen molar-refractivity contribution < 1.29 is 14.4 Å². The molecule has 1 amide bonds. The number of nitrogens with one attached hydrogen (secondary N) is 1. The van der Waals surface area contributed by atoms with Crippen LogP contribution in [0, 0.1) is 6.92 Å². The lowest BCUT2D eigenvalue weighted by Gasteiger charge is -2.20. The molecular formula is C18H19N3O3. The third kappa shape index (κ3) is 3.22. The largest absolute Gasteiger partial charge is 0.497 e. The fourth-order valence-electron chi connectivity index (χ4n) is 2.45. The summed E-state index contributed by atoms with van der Waals surface area (Å²) in [6.07, 6.45) is 2.04. The van der Waals surface area contributed by atoms with Gasteiger partial charge in [-0.25, -0.2) is 4.98 Å². The Labute approximate surface area is 140 Å². The monoisotopic (exact) mass is 325 g/mol. The Kier molecular flexibility index (Phi) is 4.20. The molecule has 6 nitrogen and oxygen atoms in total. The minimum absolute atomic E-state index is 0.270. The number of ether oxygens (including phenoxy) is 1. The van der Waals surface area contributed by atoms with E-state index in [2.05, 4.69) is 15.5 Å². The molecule has 0 bridgehead atoms. The van der Waals surface area contributed by atoms with Gasteiger partial charge >= 0.3 is 0 Å². The van der Waals surface area contributed by atoms with E-state index in [1.807, 2.05) is 37.3 Å². The van der Waals surface area contributed by atoms with Crippen LogP contribution in [0.5, 0.6) is 5.75 Å². The number of aromatic nitrogens is 1. The Morgan fingerprint density at radius 3 is 2.71 bits per heavy atom. The number of rotatable bonds is 4. The second-order valence-electron chi connectivity index (χ2n) is 5.94. The van der Waals surface area contributed by atoms with Gasteiger partial charge in [0, 0.05) is 12.6 Å². The van der Waals surface area contributed by atoms with Crippen LogP contribution in [-0.2, 0) is 9.63 Å². The molecule has 6 heteroatoms. The summed E-state index contributed by atoms with van der Waals surface area (Å²) in [5.74, 6) is 1.000. The van der Waals surface area contributed by atoms with Crippen molar-refractivity contribution in [1.82, 2.24) is 4.98 Å². The van der Waals surface area contributed by atoms with Crippen molar-refractivity contribution in [2.45, 2.75) is 25.9 Å². The van der Waals surface area contributed by atoms with Gasteiger partial charge in [-0.1, -0.05) is 5.16 Å². The van der Waals surface area contributed by atoms with Gasteiger partial charge in [-0.15, -0.1) is 0 Å². The first-order chi connectivity index (χ1) is 11.5. The lowest BCUT2D eigenvalue weighted by molar-refractivity contribution is -0.135. The van der Waals surface area contributed by atoms with Gasteiger partial charge in [-0.3, -0.25) is 4.79 Å². The van der Waals surface area contributed by atoms with Crippen molar-refractivity contribution in [3.05, 3.63) is 53.7 Å². The van der Waals surface area contributed by atoms with Crippen LogP contribution in [0.25, 0.3) is 0 Å². The summed E-state index contributed by atoms with van der Waals surface area (Å²) in [5.41, 5.74) is 1.60. The Morgan fingerprint density at radius 1 is 1.29 bits per heavy atom. The number of oxime groups is 1. The van der Waals surface area contributed by atoms with Gasteiger partial charge < -0.3 is 14.9 Å². The predicted molar refractivity (Wildman–Crippen MR) is 91.2 cm³/mol. The molecule has 2 heterocycles. The number of methoxy groups -OCH3 is 1. The van der Waals surface area contributed by atoms with Crippen molar-refractivity contribution in [3.8, 4) is 5.75 Å². The molecule has 0 saturated carbocycles. The quantitative estimate of drug-likeness (QED) is 0.938. The predicted octanol–water partition coefficient (Wildman–Crippen LogP) is 2.92. The average molecular weight is 325 g/mol.